The van der Waals surface area contributed by atoms with E-state index in [9.17, 15) is 4.79 Å². The van der Waals surface area contributed by atoms with Gasteiger partial charge in [0, 0.05) is 24.7 Å². The maximum absolute atomic E-state index is 13.3. The van der Waals surface area contributed by atoms with Gasteiger partial charge >= 0.3 is 0 Å². The van der Waals surface area contributed by atoms with Gasteiger partial charge in [-0.25, -0.2) is 4.98 Å². The van der Waals surface area contributed by atoms with E-state index in [-0.39, 0.29) is 5.56 Å². The zero-order valence-corrected chi connectivity index (χ0v) is 18.3. The zero-order chi connectivity index (χ0) is 21.2. The Morgan fingerprint density at radius 3 is 2.55 bits per heavy atom. The van der Waals surface area contributed by atoms with E-state index in [0.29, 0.717) is 11.3 Å². The van der Waals surface area contributed by atoms with Crippen LogP contribution in [0.4, 0.5) is 5.69 Å². The Morgan fingerprint density at radius 1 is 1.00 bits per heavy atom. The SMILES string of the molecule is Cc1cc(C=Nn2c(C3CCCCC3)nc3ccccc3c2=O)ccc1N1CCCC1. The number of para-hydroxylation sites is 1. The molecule has 0 bridgehead atoms. The summed E-state index contributed by atoms with van der Waals surface area (Å²) in [5.74, 6) is 1.10. The van der Waals surface area contributed by atoms with E-state index >= 15 is 0 Å². The second-order valence-corrected chi connectivity index (χ2v) is 8.92. The summed E-state index contributed by atoms with van der Waals surface area (Å²) in [5, 5.41) is 5.30. The van der Waals surface area contributed by atoms with Gasteiger partial charge in [0.15, 0.2) is 0 Å². The van der Waals surface area contributed by atoms with Gasteiger partial charge in [0.25, 0.3) is 5.56 Å². The number of hydrogen-bond acceptors (Lipinski definition) is 4. The summed E-state index contributed by atoms with van der Waals surface area (Å²) in [7, 11) is 0. The topological polar surface area (TPSA) is 50.5 Å². The summed E-state index contributed by atoms with van der Waals surface area (Å²) in [4.78, 5) is 20.7. The minimum Gasteiger partial charge on any atom is -0.371 e. The molecule has 1 saturated carbocycles. The lowest BCUT2D eigenvalue weighted by molar-refractivity contribution is 0.416. The summed E-state index contributed by atoms with van der Waals surface area (Å²) in [5.41, 5.74) is 4.26. The highest BCUT2D eigenvalue weighted by molar-refractivity contribution is 5.82. The Kier molecular flexibility index (Phi) is 5.58. The quantitative estimate of drug-likeness (QED) is 0.549. The van der Waals surface area contributed by atoms with E-state index in [2.05, 4.69) is 35.1 Å². The van der Waals surface area contributed by atoms with E-state index in [4.69, 9.17) is 4.98 Å². The standard InChI is InChI=1S/C26H30N4O/c1-19-17-20(13-14-24(19)29-15-7-8-16-29)18-27-30-25(21-9-3-2-4-10-21)28-23-12-6-5-11-22(23)26(30)31/h5-6,11-14,17-18,21H,2-4,7-10,15-16H2,1H3. The van der Waals surface area contributed by atoms with Crippen molar-refractivity contribution >= 4 is 22.8 Å². The van der Waals surface area contributed by atoms with E-state index in [1.807, 2.05) is 30.5 Å². The van der Waals surface area contributed by atoms with E-state index < -0.39 is 0 Å². The lowest BCUT2D eigenvalue weighted by atomic mass is 9.88. The second-order valence-electron chi connectivity index (χ2n) is 8.92. The molecule has 2 aromatic carbocycles. The van der Waals surface area contributed by atoms with Gasteiger partial charge in [0.05, 0.1) is 17.1 Å². The lowest BCUT2D eigenvalue weighted by Gasteiger charge is -2.22. The molecule has 31 heavy (non-hydrogen) atoms. The molecule has 1 aliphatic heterocycles. The fraction of sp³-hybridized carbons (Fsp3) is 0.423. The molecule has 2 heterocycles. The molecule has 2 aliphatic rings. The van der Waals surface area contributed by atoms with Crippen LogP contribution in [0.3, 0.4) is 0 Å². The van der Waals surface area contributed by atoms with Gasteiger partial charge in [-0.3, -0.25) is 4.79 Å². The highest BCUT2D eigenvalue weighted by atomic mass is 16.1. The van der Waals surface area contributed by atoms with Crippen molar-refractivity contribution in [2.75, 3.05) is 18.0 Å². The molecule has 1 saturated heterocycles. The third-order valence-corrected chi connectivity index (χ3v) is 6.74. The van der Waals surface area contributed by atoms with Gasteiger partial charge in [-0.05, 0) is 68.0 Å². The van der Waals surface area contributed by atoms with Crippen molar-refractivity contribution in [1.82, 2.24) is 9.66 Å². The molecular weight excluding hydrogens is 384 g/mol. The number of benzene rings is 2. The van der Waals surface area contributed by atoms with Gasteiger partial charge in [0.2, 0.25) is 0 Å². The summed E-state index contributed by atoms with van der Waals surface area (Å²) < 4.78 is 1.56. The molecule has 5 rings (SSSR count). The van der Waals surface area contributed by atoms with Crippen molar-refractivity contribution in [3.05, 3.63) is 69.8 Å². The molecule has 0 radical (unpaired) electrons. The summed E-state index contributed by atoms with van der Waals surface area (Å²) in [6, 6.07) is 14.1. The van der Waals surface area contributed by atoms with Crippen LogP contribution in [0.1, 0.15) is 67.8 Å². The smallest absolute Gasteiger partial charge is 0.282 e. The number of rotatable bonds is 4. The van der Waals surface area contributed by atoms with Gasteiger partial charge in [0.1, 0.15) is 5.82 Å². The number of aromatic nitrogens is 2. The van der Waals surface area contributed by atoms with E-state index in [1.54, 1.807) is 4.68 Å². The number of aryl methyl sites for hydroxylation is 1. The lowest BCUT2D eigenvalue weighted by Crippen LogP contribution is -2.25. The maximum Gasteiger partial charge on any atom is 0.282 e. The zero-order valence-electron chi connectivity index (χ0n) is 18.3. The van der Waals surface area contributed by atoms with Gasteiger partial charge in [-0.15, -0.1) is 0 Å². The summed E-state index contributed by atoms with van der Waals surface area (Å²) >= 11 is 0. The summed E-state index contributed by atoms with van der Waals surface area (Å²) in [6.07, 6.45) is 10.1. The molecule has 1 aromatic heterocycles. The molecular formula is C26H30N4O. The highest BCUT2D eigenvalue weighted by Crippen LogP contribution is 2.32. The van der Waals surface area contributed by atoms with Crippen LogP contribution in [0.2, 0.25) is 0 Å². The molecule has 0 N–H and O–H groups in total. The predicted molar refractivity (Wildman–Crippen MR) is 127 cm³/mol. The van der Waals surface area contributed by atoms with Gasteiger partial charge < -0.3 is 4.90 Å². The average molecular weight is 415 g/mol. The van der Waals surface area contributed by atoms with Crippen LogP contribution in [0.15, 0.2) is 52.4 Å². The first-order valence-electron chi connectivity index (χ1n) is 11.6. The van der Waals surface area contributed by atoms with Crippen LogP contribution in [0.5, 0.6) is 0 Å². The fourth-order valence-corrected chi connectivity index (χ4v) is 5.07. The van der Waals surface area contributed by atoms with Crippen LogP contribution < -0.4 is 10.5 Å². The Bertz CT molecular complexity index is 1170. The average Bonchev–Trinajstić information content (AvgIpc) is 3.34. The Morgan fingerprint density at radius 2 is 1.77 bits per heavy atom. The number of fused-ring (bicyclic) bond motifs is 1. The third kappa shape index (κ3) is 4.01. The number of nitrogens with zero attached hydrogens (tertiary/aromatic N) is 4. The first-order valence-corrected chi connectivity index (χ1v) is 11.6. The van der Waals surface area contributed by atoms with Crippen LogP contribution in [0, 0.1) is 6.92 Å². The van der Waals surface area contributed by atoms with Crippen molar-refractivity contribution < 1.29 is 0 Å². The van der Waals surface area contributed by atoms with Crippen LogP contribution >= 0.6 is 0 Å². The highest BCUT2D eigenvalue weighted by Gasteiger charge is 2.22. The molecule has 5 heteroatoms. The second kappa shape index (κ2) is 8.66. The molecule has 0 spiro atoms. The van der Waals surface area contributed by atoms with Crippen LogP contribution in [-0.4, -0.2) is 29.0 Å². The molecule has 3 aromatic rings. The van der Waals surface area contributed by atoms with Gasteiger partial charge in [-0.1, -0.05) is 37.5 Å². The minimum absolute atomic E-state index is 0.0761. The monoisotopic (exact) mass is 414 g/mol. The normalized spacial score (nSPS) is 17.8. The molecule has 0 atom stereocenters. The molecule has 0 unspecified atom stereocenters. The van der Waals surface area contributed by atoms with E-state index in [0.717, 1.165) is 42.8 Å². The molecule has 2 fully saturated rings. The van der Waals surface area contributed by atoms with Crippen molar-refractivity contribution in [3.63, 3.8) is 0 Å². The first kappa shape index (κ1) is 20.0. The van der Waals surface area contributed by atoms with Crippen molar-refractivity contribution in [2.45, 2.75) is 57.8 Å². The van der Waals surface area contributed by atoms with Crippen LogP contribution in [-0.2, 0) is 0 Å². The maximum atomic E-state index is 13.3. The molecule has 5 nitrogen and oxygen atoms in total. The molecule has 160 valence electrons. The first-order chi connectivity index (χ1) is 15.2. The van der Waals surface area contributed by atoms with Gasteiger partial charge in [-0.2, -0.15) is 9.78 Å². The Balaban J connectivity index is 1.53. The van der Waals surface area contributed by atoms with Crippen molar-refractivity contribution in [1.29, 1.82) is 0 Å². The largest absolute Gasteiger partial charge is 0.371 e. The Hall–Kier alpha value is -2.95. The van der Waals surface area contributed by atoms with Crippen molar-refractivity contribution in [2.24, 2.45) is 5.10 Å². The van der Waals surface area contributed by atoms with E-state index in [1.165, 1.54) is 43.4 Å². The molecule has 0 amide bonds. The minimum atomic E-state index is -0.0761. The van der Waals surface area contributed by atoms with Crippen LogP contribution in [0.25, 0.3) is 10.9 Å². The number of hydrogen-bond donors (Lipinski definition) is 0. The Labute approximate surface area is 183 Å². The fourth-order valence-electron chi connectivity index (χ4n) is 5.07. The molecule has 1 aliphatic carbocycles. The van der Waals surface area contributed by atoms with Crippen molar-refractivity contribution in [3.8, 4) is 0 Å². The summed E-state index contributed by atoms with van der Waals surface area (Å²) in [6.45, 7) is 4.43. The predicted octanol–water partition coefficient (Wildman–Crippen LogP) is 5.24. The number of anilines is 1. The third-order valence-electron chi connectivity index (χ3n) is 6.74.